The zero-order valence-corrected chi connectivity index (χ0v) is 51.7. The number of hydrazone groups is 1. The molecule has 2 N–H and O–H groups in total. The first-order chi connectivity index (χ1) is 38.9. The number of ether oxygens (including phenoxy) is 3. The van der Waals surface area contributed by atoms with Gasteiger partial charge in [-0.25, -0.2) is 10.4 Å². The van der Waals surface area contributed by atoms with Crippen molar-refractivity contribution in [3.63, 3.8) is 0 Å². The Morgan fingerprint density at radius 1 is 0.633 bits per heavy atom. The van der Waals surface area contributed by atoms with Crippen LogP contribution in [0.15, 0.2) is 107 Å². The summed E-state index contributed by atoms with van der Waals surface area (Å²) in [5.74, 6) is 1.01. The molecule has 11 heteroatoms. The van der Waals surface area contributed by atoms with Gasteiger partial charge >= 0.3 is 0 Å². The van der Waals surface area contributed by atoms with Crippen LogP contribution in [-0.4, -0.2) is 59.9 Å². The maximum absolute atomic E-state index is 12.5. The van der Waals surface area contributed by atoms with Crippen molar-refractivity contribution in [2.45, 2.75) is 275 Å². The molecule has 2 aromatic rings. The quantitative estimate of drug-likeness (QED) is 0.0222. The van der Waals surface area contributed by atoms with E-state index in [-0.39, 0.29) is 23.7 Å². The van der Waals surface area contributed by atoms with Gasteiger partial charge in [-0.2, -0.15) is 5.10 Å². The number of unbranched alkanes of at least 4 members (excludes halogenated alkanes) is 24. The van der Waals surface area contributed by atoms with Gasteiger partial charge in [0.25, 0.3) is 0 Å². The second-order valence-electron chi connectivity index (χ2n) is 21.8. The summed E-state index contributed by atoms with van der Waals surface area (Å²) in [6.07, 6.45) is 64.3. The van der Waals surface area contributed by atoms with Crippen molar-refractivity contribution in [3.05, 3.63) is 103 Å². The first kappa shape index (κ1) is 69.6. The van der Waals surface area contributed by atoms with Crippen molar-refractivity contribution >= 4 is 39.1 Å². The maximum Gasteiger partial charge on any atom is 0.240 e. The van der Waals surface area contributed by atoms with Gasteiger partial charge in [0, 0.05) is 44.2 Å². The fourth-order valence-corrected chi connectivity index (χ4v) is 11.6. The molecule has 0 saturated carbocycles. The normalized spacial score (nSPS) is 14.7. The number of aromatic nitrogens is 1. The number of rotatable bonds is 52. The van der Waals surface area contributed by atoms with E-state index in [0.717, 1.165) is 80.1 Å². The fraction of sp³-hybridized carbons (Fsp3) is 0.676. The van der Waals surface area contributed by atoms with Crippen molar-refractivity contribution in [2.24, 2.45) is 5.10 Å². The number of hydrogen-bond donors (Lipinski definition) is 2. The lowest BCUT2D eigenvalue weighted by Gasteiger charge is -2.28. The van der Waals surface area contributed by atoms with Gasteiger partial charge in [0.15, 0.2) is 5.79 Å². The number of allylic oxidation sites excluding steroid dienone is 8. The third-order valence-electron chi connectivity index (χ3n) is 14.6. The van der Waals surface area contributed by atoms with E-state index in [0.29, 0.717) is 31.6 Å². The number of carbonyl (C=O) groups is 2. The van der Waals surface area contributed by atoms with E-state index in [9.17, 15) is 9.59 Å². The van der Waals surface area contributed by atoms with Gasteiger partial charge in [-0.1, -0.05) is 195 Å². The highest BCUT2D eigenvalue weighted by atomic mass is 33.1. The van der Waals surface area contributed by atoms with Crippen LogP contribution < -0.4 is 15.5 Å². The Morgan fingerprint density at radius 3 is 1.75 bits per heavy atom. The molecule has 1 atom stereocenters. The van der Waals surface area contributed by atoms with Crippen LogP contribution in [0.3, 0.4) is 0 Å². The summed E-state index contributed by atoms with van der Waals surface area (Å²) < 4.78 is 19.4. The monoisotopic (exact) mass is 1130 g/mol. The third kappa shape index (κ3) is 39.4. The Balaban J connectivity index is 1.20. The average molecular weight is 1130 g/mol. The minimum atomic E-state index is -0.369. The molecular formula is C68H110N4O5S2. The molecule has 0 radical (unpaired) electrons. The Labute approximate surface area is 490 Å². The maximum atomic E-state index is 12.5. The predicted octanol–water partition coefficient (Wildman–Crippen LogP) is 19.7. The molecule has 2 amide bonds. The standard InChI is InChI=1S/C68H110N4O5S2/c1-4-6-8-10-12-14-16-18-20-22-24-26-28-32-36-41-54-68(55-42-37-33-29-27-25-23-21-19-17-15-13-11-9-7-5-2)76-60-64(77-68)46-39-35-31-30-34-38-43-56-69-65(73)47-45-58-75-63-51-49-62(50-52-63)61(3)71-72-66(74)53-59-78-79-67-48-40-44-57-70-67/h12-15,18-21,40,44,48-52,57,64H,4-11,16-17,22-39,41-43,45-47,53-56,58-60H2,1-3H3,(H,69,73)(H,72,74)/b14-12-,15-13-,20-18-,21-19-,71-61+. The van der Waals surface area contributed by atoms with Crippen molar-refractivity contribution in [1.29, 1.82) is 0 Å². The first-order valence-electron chi connectivity index (χ1n) is 31.9. The number of hydrogen-bond acceptors (Lipinski definition) is 9. The van der Waals surface area contributed by atoms with Gasteiger partial charge in [-0.05, 0) is 156 Å². The minimum absolute atomic E-state index is 0.0866. The fourth-order valence-electron chi connectivity index (χ4n) is 9.72. The van der Waals surface area contributed by atoms with Crippen LogP contribution >= 0.6 is 21.6 Å². The predicted molar refractivity (Wildman–Crippen MR) is 340 cm³/mol. The van der Waals surface area contributed by atoms with Gasteiger partial charge in [0.1, 0.15) is 10.8 Å². The number of amides is 2. The van der Waals surface area contributed by atoms with Crippen LogP contribution in [0.4, 0.5) is 0 Å². The molecular weight excluding hydrogens is 1020 g/mol. The molecule has 1 aromatic carbocycles. The van der Waals surface area contributed by atoms with E-state index in [1.807, 2.05) is 49.4 Å². The molecule has 0 spiro atoms. The molecule has 0 aliphatic carbocycles. The van der Waals surface area contributed by atoms with E-state index in [4.69, 9.17) is 14.2 Å². The lowest BCUT2D eigenvalue weighted by Crippen LogP contribution is -2.31. The van der Waals surface area contributed by atoms with E-state index < -0.39 is 0 Å². The average Bonchev–Trinajstić information content (AvgIpc) is 3.87. The van der Waals surface area contributed by atoms with Crippen LogP contribution in [0.25, 0.3) is 0 Å². The number of nitrogens with zero attached hydrogens (tertiary/aromatic N) is 2. The molecule has 1 aliphatic rings. The molecule has 2 heterocycles. The first-order valence-corrected chi connectivity index (χ1v) is 34.2. The van der Waals surface area contributed by atoms with E-state index in [2.05, 4.69) is 83.3 Å². The van der Waals surface area contributed by atoms with Crippen LogP contribution in [0.5, 0.6) is 5.75 Å². The second-order valence-corrected chi connectivity index (χ2v) is 24.2. The molecule has 1 aliphatic heterocycles. The molecule has 444 valence electrons. The summed E-state index contributed by atoms with van der Waals surface area (Å²) in [6.45, 7) is 8.37. The summed E-state index contributed by atoms with van der Waals surface area (Å²) in [4.78, 5) is 29.0. The van der Waals surface area contributed by atoms with Crippen LogP contribution in [-0.2, 0) is 19.1 Å². The van der Waals surface area contributed by atoms with Gasteiger partial charge in [0.2, 0.25) is 11.8 Å². The van der Waals surface area contributed by atoms with Crippen molar-refractivity contribution < 1.29 is 23.8 Å². The summed E-state index contributed by atoms with van der Waals surface area (Å²) in [5, 5.41) is 8.29. The third-order valence-corrected chi connectivity index (χ3v) is 16.9. The van der Waals surface area contributed by atoms with Gasteiger partial charge in [-0.3, -0.25) is 9.59 Å². The molecule has 3 rings (SSSR count). The zero-order chi connectivity index (χ0) is 56.2. The summed E-state index contributed by atoms with van der Waals surface area (Å²) >= 11 is 0. The number of nitrogens with one attached hydrogen (secondary N) is 2. The Morgan fingerprint density at radius 2 is 1.18 bits per heavy atom. The summed E-state index contributed by atoms with van der Waals surface area (Å²) in [5.41, 5.74) is 4.27. The lowest BCUT2D eigenvalue weighted by atomic mass is 9.98. The molecule has 79 heavy (non-hydrogen) atoms. The van der Waals surface area contributed by atoms with E-state index >= 15 is 0 Å². The van der Waals surface area contributed by atoms with Crippen LogP contribution in [0.1, 0.15) is 264 Å². The van der Waals surface area contributed by atoms with Gasteiger partial charge < -0.3 is 19.5 Å². The topological polar surface area (TPSA) is 111 Å². The summed E-state index contributed by atoms with van der Waals surface area (Å²) in [6, 6.07) is 13.4. The smallest absolute Gasteiger partial charge is 0.240 e. The Bertz CT molecular complexity index is 1870. The second kappa shape index (κ2) is 50.1. The molecule has 1 aromatic heterocycles. The van der Waals surface area contributed by atoms with Crippen LogP contribution in [0, 0.1) is 0 Å². The Kier molecular flexibility index (Phi) is 44.2. The number of benzene rings is 1. The Hall–Kier alpha value is -3.64. The minimum Gasteiger partial charge on any atom is -0.494 e. The lowest BCUT2D eigenvalue weighted by molar-refractivity contribution is -0.180. The van der Waals surface area contributed by atoms with Crippen molar-refractivity contribution in [3.8, 4) is 5.75 Å². The van der Waals surface area contributed by atoms with E-state index in [1.54, 1.807) is 27.8 Å². The number of carbonyl (C=O) groups excluding carboxylic acids is 2. The molecule has 1 fully saturated rings. The molecule has 9 nitrogen and oxygen atoms in total. The van der Waals surface area contributed by atoms with Gasteiger partial charge in [0.05, 0.1) is 25.0 Å². The van der Waals surface area contributed by atoms with Crippen molar-refractivity contribution in [1.82, 2.24) is 15.7 Å². The summed E-state index contributed by atoms with van der Waals surface area (Å²) in [7, 11) is 3.16. The van der Waals surface area contributed by atoms with Crippen molar-refractivity contribution in [2.75, 3.05) is 25.5 Å². The highest BCUT2D eigenvalue weighted by molar-refractivity contribution is 8.76. The SMILES string of the molecule is CCCCC/C=C\C/C=C\CCCCCCCCC1(CCCCCCCC/C=C\C/C=C\CCCCC)OCC(CCCCCCCCCNC(=O)CCCOc2ccc(/C(C)=N/NC(=O)CCSSc3ccccn3)cc2)O1. The highest BCUT2D eigenvalue weighted by Gasteiger charge is 2.40. The largest absolute Gasteiger partial charge is 0.494 e. The van der Waals surface area contributed by atoms with Gasteiger partial charge in [-0.15, -0.1) is 0 Å². The van der Waals surface area contributed by atoms with E-state index in [1.165, 1.54) is 173 Å². The number of pyridine rings is 1. The molecule has 0 bridgehead atoms. The zero-order valence-electron chi connectivity index (χ0n) is 50.1. The highest BCUT2D eigenvalue weighted by Crippen LogP contribution is 2.36. The molecule has 1 saturated heterocycles. The van der Waals surface area contributed by atoms with Crippen LogP contribution in [0.2, 0.25) is 0 Å². The molecule has 1 unspecified atom stereocenters.